The zero-order valence-corrected chi connectivity index (χ0v) is 33.5. The first kappa shape index (κ1) is 42.7. The maximum Gasteiger partial charge on any atom is 0.331 e. The summed E-state index contributed by atoms with van der Waals surface area (Å²) in [6, 6.07) is 0. The third-order valence-corrected chi connectivity index (χ3v) is 9.27. The first-order valence-electron chi connectivity index (χ1n) is 20.5. The van der Waals surface area contributed by atoms with Crippen LogP contribution in [0.15, 0.2) is 82.5 Å². The van der Waals surface area contributed by atoms with Crippen LogP contribution in [0.4, 0.5) is 0 Å². The van der Waals surface area contributed by atoms with E-state index in [2.05, 4.69) is 0 Å². The number of hydrogen-bond donors (Lipinski definition) is 5. The topological polar surface area (TPSA) is 154 Å². The van der Waals surface area contributed by atoms with E-state index >= 15 is 0 Å². The minimum absolute atomic E-state index is 0.0687. The summed E-state index contributed by atoms with van der Waals surface area (Å²) in [4.78, 5) is 26.0. The van der Waals surface area contributed by atoms with Gasteiger partial charge in [-0.3, -0.25) is 4.79 Å². The lowest BCUT2D eigenvalue weighted by atomic mass is 9.89. The summed E-state index contributed by atoms with van der Waals surface area (Å²) in [5.74, 6) is -1.62. The van der Waals surface area contributed by atoms with Crippen molar-refractivity contribution in [2.45, 2.75) is 163 Å². The van der Waals surface area contributed by atoms with Crippen LogP contribution in [0.5, 0.6) is 0 Å². The van der Waals surface area contributed by atoms with E-state index in [1.54, 1.807) is 45.1 Å². The van der Waals surface area contributed by atoms with E-state index in [0.29, 0.717) is 19.3 Å². The quantitative estimate of drug-likeness (QED) is 0.0440. The molecule has 0 aliphatic carbocycles. The minimum atomic E-state index is -2.39. The molecule has 1 aliphatic heterocycles. The molecule has 10 unspecified atom stereocenters. The van der Waals surface area contributed by atoms with Crippen LogP contribution in [0.1, 0.15) is 125 Å². The first-order valence-corrected chi connectivity index (χ1v) is 19.0. The van der Waals surface area contributed by atoms with Gasteiger partial charge < -0.3 is 35.0 Å². The van der Waals surface area contributed by atoms with Crippen LogP contribution in [0, 0.1) is 17.8 Å². The summed E-state index contributed by atoms with van der Waals surface area (Å²) >= 11 is 0. The van der Waals surface area contributed by atoms with Gasteiger partial charge in [0.1, 0.15) is 12.2 Å². The Morgan fingerprint density at radius 1 is 0.943 bits per heavy atom. The zero-order chi connectivity index (χ0) is 42.7. The van der Waals surface area contributed by atoms with E-state index in [1.165, 1.54) is 12.2 Å². The second-order valence-electron chi connectivity index (χ2n) is 15.3. The van der Waals surface area contributed by atoms with Gasteiger partial charge in [0.05, 0.1) is 30.5 Å². The fourth-order valence-electron chi connectivity index (χ4n) is 6.30. The Kier molecular flexibility index (Phi) is 20.2. The van der Waals surface area contributed by atoms with Gasteiger partial charge in [-0.2, -0.15) is 0 Å². The molecule has 0 aromatic carbocycles. The van der Waals surface area contributed by atoms with Crippen molar-refractivity contribution in [2.24, 2.45) is 17.8 Å². The van der Waals surface area contributed by atoms with E-state index in [-0.39, 0.29) is 55.4 Å². The second kappa shape index (κ2) is 25.1. The summed E-state index contributed by atoms with van der Waals surface area (Å²) in [6.45, 7) is 14.0. The number of aliphatic hydroxyl groups is 5. The highest BCUT2D eigenvalue weighted by atomic mass is 16.5. The van der Waals surface area contributed by atoms with Crippen molar-refractivity contribution in [3.05, 3.63) is 82.5 Å². The van der Waals surface area contributed by atoms with Crippen LogP contribution in [-0.2, 0) is 19.1 Å². The molecule has 1 aliphatic rings. The molecule has 5 N–H and O–H groups in total. The molecular weight excluding hydrogens is 672 g/mol. The zero-order valence-electron chi connectivity index (χ0n) is 36.5. The van der Waals surface area contributed by atoms with Gasteiger partial charge in [-0.05, 0) is 92.3 Å². The Labute approximate surface area is 323 Å². The number of hydrogen-bond acceptors (Lipinski definition) is 9. The highest BCUT2D eigenvalue weighted by Gasteiger charge is 2.26. The largest absolute Gasteiger partial charge is 0.462 e. The van der Waals surface area contributed by atoms with Crippen LogP contribution < -0.4 is 0 Å². The lowest BCUT2D eigenvalue weighted by Crippen LogP contribution is -2.28. The molecule has 0 amide bonds. The molecule has 0 saturated heterocycles. The third-order valence-electron chi connectivity index (χ3n) is 9.27. The van der Waals surface area contributed by atoms with Crippen LogP contribution >= 0.6 is 0 Å². The van der Waals surface area contributed by atoms with Crippen LogP contribution in [-0.4, -0.2) is 80.2 Å². The van der Waals surface area contributed by atoms with E-state index in [9.17, 15) is 35.1 Å². The molecule has 300 valence electrons. The first-order chi connectivity index (χ1) is 26.0. The molecule has 0 spiro atoms. The van der Waals surface area contributed by atoms with Gasteiger partial charge in [-0.15, -0.1) is 0 Å². The maximum absolute atomic E-state index is 13.0. The summed E-state index contributed by atoms with van der Waals surface area (Å²) in [5.41, 5.74) is 3.64. The van der Waals surface area contributed by atoms with Gasteiger partial charge in [-0.1, -0.05) is 97.2 Å². The smallest absolute Gasteiger partial charge is 0.331 e. The van der Waals surface area contributed by atoms with E-state index < -0.39 is 61.5 Å². The van der Waals surface area contributed by atoms with Crippen molar-refractivity contribution in [3.8, 4) is 0 Å². The van der Waals surface area contributed by atoms with Gasteiger partial charge in [-0.25, -0.2) is 4.79 Å². The molecule has 10 atom stereocenters. The summed E-state index contributed by atoms with van der Waals surface area (Å²) in [7, 11) is 0. The van der Waals surface area contributed by atoms with Crippen molar-refractivity contribution >= 4 is 11.9 Å². The van der Waals surface area contributed by atoms with Gasteiger partial charge >= 0.3 is 11.9 Å². The number of cyclic esters (lactones) is 1. The van der Waals surface area contributed by atoms with Gasteiger partial charge in [0.15, 0.2) is 0 Å². The van der Waals surface area contributed by atoms with Crippen LogP contribution in [0.3, 0.4) is 0 Å². The van der Waals surface area contributed by atoms with E-state index in [4.69, 9.17) is 13.6 Å². The second-order valence-corrected chi connectivity index (χ2v) is 15.3. The van der Waals surface area contributed by atoms with Crippen molar-refractivity contribution in [2.75, 3.05) is 0 Å². The predicted octanol–water partition coefficient (Wildman–Crippen LogP) is 7.54. The molecule has 9 heteroatoms. The number of ether oxygens (including phenoxy) is 2. The monoisotopic (exact) mass is 746 g/mol. The van der Waals surface area contributed by atoms with E-state index in [0.717, 1.165) is 22.3 Å². The number of carbonyl (C=O) groups excluding carboxylic acids is 2. The Balaban J connectivity index is 3.05. The lowest BCUT2D eigenvalue weighted by Gasteiger charge is -2.27. The summed E-state index contributed by atoms with van der Waals surface area (Å²) in [5, 5.41) is 49.5. The van der Waals surface area contributed by atoms with Crippen molar-refractivity contribution in [3.63, 3.8) is 0 Å². The Bertz CT molecular complexity index is 1450. The Hall–Kier alpha value is -3.08. The fraction of sp³-hybridized carbons (Fsp3) is 0.636. The SMILES string of the molecule is [2H]C([2H])([2H])/C1=C\CC(C(C)C/C(C)=C/C(C)C(O)CC(C)O)OC(=O)CCCC(OC(=O)/C=C/C(C)=C\C(C)=C\C=C\C(C)=C\C(O)C(O)CC(C)O)C(C)C1. The van der Waals surface area contributed by atoms with E-state index in [1.807, 2.05) is 59.8 Å². The molecular formula is C44H70O9. The molecule has 1 rings (SSSR count). The summed E-state index contributed by atoms with van der Waals surface area (Å²) in [6.07, 6.45) is 12.2. The van der Waals surface area contributed by atoms with Crippen molar-refractivity contribution in [1.29, 1.82) is 0 Å². The van der Waals surface area contributed by atoms with Crippen LogP contribution in [0.25, 0.3) is 0 Å². The molecule has 9 nitrogen and oxygen atoms in total. The number of aliphatic hydroxyl groups excluding tert-OH is 5. The number of rotatable bonds is 17. The molecule has 53 heavy (non-hydrogen) atoms. The van der Waals surface area contributed by atoms with Gasteiger partial charge in [0.25, 0.3) is 0 Å². The molecule has 0 aromatic heterocycles. The summed E-state index contributed by atoms with van der Waals surface area (Å²) < 4.78 is 36.5. The molecule has 0 bridgehead atoms. The standard InChI is InChI=1S/C44H70O9/c1-28(13-11-14-29(2)25-39(48)40(49)27-37(10)46)21-30(3)18-20-44(51)52-41-15-12-16-43(50)53-42(19-17-31(4)22-34(41)7)35(8)24-32(5)23-33(6)38(47)26-36(9)45/h11,13-14,17-18,20-21,23,25,33-42,45-49H,12,15-16,19,22,24,26-27H2,1-10H3/b14-11+,20-18+,28-13+,29-25+,30-21-,31-17+,32-23+/i4D3. The fourth-order valence-corrected chi connectivity index (χ4v) is 6.30. The van der Waals surface area contributed by atoms with Crippen molar-refractivity contribution < 1.29 is 48.7 Å². The van der Waals surface area contributed by atoms with Gasteiger partial charge in [0, 0.05) is 35.4 Å². The maximum atomic E-state index is 13.0. The average Bonchev–Trinajstić information content (AvgIpc) is 3.06. The van der Waals surface area contributed by atoms with Gasteiger partial charge in [0.2, 0.25) is 0 Å². The van der Waals surface area contributed by atoms with Crippen LogP contribution in [0.2, 0.25) is 0 Å². The highest BCUT2D eigenvalue weighted by molar-refractivity contribution is 5.82. The third kappa shape index (κ3) is 21.4. The number of esters is 2. The molecule has 0 saturated carbocycles. The molecule has 0 aromatic rings. The number of allylic oxidation sites excluding steroid dienone is 10. The molecule has 0 fully saturated rings. The Morgan fingerprint density at radius 3 is 2.25 bits per heavy atom. The normalized spacial score (nSPS) is 26.8. The Morgan fingerprint density at radius 2 is 1.60 bits per heavy atom. The average molecular weight is 746 g/mol. The van der Waals surface area contributed by atoms with Crippen molar-refractivity contribution in [1.82, 2.24) is 0 Å². The highest BCUT2D eigenvalue weighted by Crippen LogP contribution is 2.27. The number of carbonyl (C=O) groups is 2. The predicted molar refractivity (Wildman–Crippen MR) is 213 cm³/mol. The minimum Gasteiger partial charge on any atom is -0.462 e. The lowest BCUT2D eigenvalue weighted by molar-refractivity contribution is -0.152. The molecule has 0 radical (unpaired) electrons. The molecule has 1 heterocycles.